The molecule has 0 spiro atoms. The molecule has 2 heterocycles. The third-order valence-corrected chi connectivity index (χ3v) is 5.68. The fourth-order valence-electron chi connectivity index (χ4n) is 2.71. The molecule has 4 aromatic rings. The van der Waals surface area contributed by atoms with Crippen molar-refractivity contribution in [1.82, 2.24) is 24.3 Å². The molecule has 9 nitrogen and oxygen atoms in total. The highest BCUT2D eigenvalue weighted by atomic mass is 127. The third kappa shape index (κ3) is 3.65. The molecular weight excluding hydrogens is 602 g/mol. The zero-order valence-corrected chi connectivity index (χ0v) is 19.0. The molecule has 0 atom stereocenters. The van der Waals surface area contributed by atoms with Gasteiger partial charge in [0.1, 0.15) is 11.8 Å². The van der Waals surface area contributed by atoms with Crippen LogP contribution in [0.1, 0.15) is 5.69 Å². The van der Waals surface area contributed by atoms with E-state index in [9.17, 15) is 9.59 Å². The van der Waals surface area contributed by atoms with Crippen LogP contribution in [0.4, 0.5) is 0 Å². The Morgan fingerprint density at radius 2 is 1.90 bits per heavy atom. The molecule has 4 rings (SSSR count). The van der Waals surface area contributed by atoms with Gasteiger partial charge in [0.25, 0.3) is 5.56 Å². The first kappa shape index (κ1) is 19.6. The minimum absolute atomic E-state index is 0.390. The number of nitrogens with zero attached hydrogens (tertiary/aromatic N) is 5. The summed E-state index contributed by atoms with van der Waals surface area (Å²) in [6.45, 7) is 0. The third-order valence-electron chi connectivity index (χ3n) is 4.08. The predicted molar refractivity (Wildman–Crippen MR) is 121 cm³/mol. The molecule has 0 amide bonds. The summed E-state index contributed by atoms with van der Waals surface area (Å²) in [4.78, 5) is 30.1. The van der Waals surface area contributed by atoms with E-state index in [-0.39, 0.29) is 0 Å². The second kappa shape index (κ2) is 7.59. The van der Waals surface area contributed by atoms with E-state index in [4.69, 9.17) is 10.00 Å². The Bertz CT molecular complexity index is 1410. The number of fused-ring (bicyclic) bond motifs is 1. The summed E-state index contributed by atoms with van der Waals surface area (Å²) in [5.41, 5.74) is 0.286. The predicted octanol–water partition coefficient (Wildman–Crippen LogP) is 2.68. The van der Waals surface area contributed by atoms with Crippen molar-refractivity contribution in [2.24, 2.45) is 7.05 Å². The number of nitriles is 1. The Labute approximate surface area is 190 Å². The maximum Gasteiger partial charge on any atom is 0.349 e. The fraction of sp³-hybridized carbons (Fsp3) is 0.0556. The first-order chi connectivity index (χ1) is 13.9. The molecule has 0 radical (unpaired) electrons. The Balaban J connectivity index is 1.75. The molecule has 0 fully saturated rings. The minimum atomic E-state index is -0.817. The number of ether oxygens (including phenoxy) is 1. The summed E-state index contributed by atoms with van der Waals surface area (Å²) < 4.78 is 10.4. The minimum Gasteiger partial charge on any atom is -0.455 e. The van der Waals surface area contributed by atoms with Gasteiger partial charge >= 0.3 is 5.69 Å². The number of H-pyrrole nitrogens is 1. The van der Waals surface area contributed by atoms with Crippen LogP contribution in [0.5, 0.6) is 11.5 Å². The number of aryl methyl sites for hydroxylation is 1. The van der Waals surface area contributed by atoms with Crippen LogP contribution in [0.3, 0.4) is 0 Å². The van der Waals surface area contributed by atoms with Crippen LogP contribution in [-0.4, -0.2) is 24.3 Å². The van der Waals surface area contributed by atoms with Crippen molar-refractivity contribution in [3.05, 3.63) is 70.3 Å². The second-order valence-corrected chi connectivity index (χ2v) is 8.30. The van der Waals surface area contributed by atoms with Gasteiger partial charge in [-0.3, -0.25) is 9.78 Å². The molecule has 29 heavy (non-hydrogen) atoms. The molecule has 0 bridgehead atoms. The lowest BCUT2D eigenvalue weighted by Crippen LogP contribution is -2.33. The van der Waals surface area contributed by atoms with Gasteiger partial charge in [-0.05, 0) is 69.4 Å². The molecule has 144 valence electrons. The van der Waals surface area contributed by atoms with Crippen molar-refractivity contribution in [3.63, 3.8) is 0 Å². The Hall–Kier alpha value is -2.73. The topological polar surface area (TPSA) is 119 Å². The smallest absolute Gasteiger partial charge is 0.349 e. The van der Waals surface area contributed by atoms with E-state index in [2.05, 4.69) is 60.2 Å². The number of hydrogen-bond acceptors (Lipinski definition) is 6. The zero-order valence-electron chi connectivity index (χ0n) is 14.7. The van der Waals surface area contributed by atoms with Crippen molar-refractivity contribution >= 4 is 56.2 Å². The highest BCUT2D eigenvalue weighted by molar-refractivity contribution is 14.1. The van der Waals surface area contributed by atoms with Gasteiger partial charge in [-0.25, -0.2) is 9.78 Å². The molecule has 1 N–H and O–H groups in total. The average molecular weight is 612 g/mol. The van der Waals surface area contributed by atoms with Crippen LogP contribution >= 0.6 is 45.2 Å². The number of aromatic nitrogens is 5. The van der Waals surface area contributed by atoms with Crippen LogP contribution in [-0.2, 0) is 7.05 Å². The van der Waals surface area contributed by atoms with E-state index < -0.39 is 16.9 Å². The molecule has 2 aromatic heterocycles. The number of nitrogens with one attached hydrogen (secondary N) is 1. The lowest BCUT2D eigenvalue weighted by Gasteiger charge is -2.13. The second-order valence-electron chi connectivity index (χ2n) is 5.98. The van der Waals surface area contributed by atoms with Crippen molar-refractivity contribution in [1.29, 1.82) is 5.26 Å². The normalized spacial score (nSPS) is 10.8. The number of halogens is 2. The van der Waals surface area contributed by atoms with E-state index in [0.29, 0.717) is 17.2 Å². The van der Waals surface area contributed by atoms with E-state index in [1.165, 1.54) is 0 Å². The fourth-order valence-corrected chi connectivity index (χ4v) is 4.67. The monoisotopic (exact) mass is 612 g/mol. The van der Waals surface area contributed by atoms with Gasteiger partial charge < -0.3 is 9.30 Å². The van der Waals surface area contributed by atoms with Crippen LogP contribution in [0, 0.1) is 18.5 Å². The van der Waals surface area contributed by atoms with Gasteiger partial charge in [-0.2, -0.15) is 9.94 Å². The molecule has 0 saturated carbocycles. The summed E-state index contributed by atoms with van der Waals surface area (Å²) in [5.74, 6) is 1.24. The van der Waals surface area contributed by atoms with Crippen molar-refractivity contribution < 1.29 is 4.74 Å². The molecular formula is C18H10I2N6O3. The summed E-state index contributed by atoms with van der Waals surface area (Å²) in [7, 11) is 1.92. The average Bonchev–Trinajstić information content (AvgIpc) is 3.05. The summed E-state index contributed by atoms with van der Waals surface area (Å²) in [6.07, 6.45) is 1.74. The van der Waals surface area contributed by atoms with Crippen molar-refractivity contribution in [2.45, 2.75) is 0 Å². The number of rotatable bonds is 3. The number of benzene rings is 2. The SMILES string of the molecule is Cn1cnc2cc(Oc3c(I)cc(-n4nc(C#N)c(=O)[nH]c4=O)cc3I)ccc21. The zero-order chi connectivity index (χ0) is 20.7. The molecule has 0 aliphatic carbocycles. The highest BCUT2D eigenvalue weighted by Crippen LogP contribution is 2.34. The number of hydrogen-bond donors (Lipinski definition) is 1. The lowest BCUT2D eigenvalue weighted by molar-refractivity contribution is 0.476. The van der Waals surface area contributed by atoms with Crippen LogP contribution in [0.15, 0.2) is 46.2 Å². The van der Waals surface area contributed by atoms with Gasteiger partial charge in [-0.1, -0.05) is 0 Å². The summed E-state index contributed by atoms with van der Waals surface area (Å²) in [5, 5.41) is 12.8. The summed E-state index contributed by atoms with van der Waals surface area (Å²) >= 11 is 4.19. The van der Waals surface area contributed by atoms with Gasteiger partial charge in [-0.15, -0.1) is 5.10 Å². The Morgan fingerprint density at radius 1 is 1.17 bits per heavy atom. The molecule has 0 aliphatic heterocycles. The molecule has 0 saturated heterocycles. The van der Waals surface area contributed by atoms with Crippen molar-refractivity contribution in [2.75, 3.05) is 0 Å². The lowest BCUT2D eigenvalue weighted by atomic mass is 10.3. The van der Waals surface area contributed by atoms with Gasteiger partial charge in [0.2, 0.25) is 5.69 Å². The van der Waals surface area contributed by atoms with E-state index >= 15 is 0 Å². The van der Waals surface area contributed by atoms with Gasteiger partial charge in [0.15, 0.2) is 5.75 Å². The molecule has 11 heteroatoms. The highest BCUT2D eigenvalue weighted by Gasteiger charge is 2.15. The quantitative estimate of drug-likeness (QED) is 0.356. The van der Waals surface area contributed by atoms with Crippen LogP contribution in [0.25, 0.3) is 16.7 Å². The van der Waals surface area contributed by atoms with Crippen LogP contribution < -0.4 is 16.0 Å². The van der Waals surface area contributed by atoms with E-state index in [1.807, 2.05) is 29.8 Å². The van der Waals surface area contributed by atoms with Gasteiger partial charge in [0, 0.05) is 13.1 Å². The number of aromatic amines is 1. The van der Waals surface area contributed by atoms with Gasteiger partial charge in [0.05, 0.1) is 30.2 Å². The molecule has 0 aliphatic rings. The number of imidazole rings is 1. The van der Waals surface area contributed by atoms with E-state index in [1.54, 1.807) is 24.5 Å². The Morgan fingerprint density at radius 3 is 2.59 bits per heavy atom. The first-order valence-corrected chi connectivity index (χ1v) is 10.2. The van der Waals surface area contributed by atoms with Crippen molar-refractivity contribution in [3.8, 4) is 23.3 Å². The standard InChI is InChI=1S/C18H10I2N6O3/c1-25-8-22-13-6-10(2-3-15(13)25)29-16-11(19)4-9(5-12(16)20)26-18(28)23-17(27)14(7-21)24-26/h2-6,8H,1H3,(H,23,27,28). The van der Waals surface area contributed by atoms with E-state index in [0.717, 1.165) is 22.9 Å². The maximum absolute atomic E-state index is 12.1. The van der Waals surface area contributed by atoms with Crippen LogP contribution in [0.2, 0.25) is 0 Å². The molecule has 0 unspecified atom stereocenters. The maximum atomic E-state index is 12.1. The summed E-state index contributed by atoms with van der Waals surface area (Å²) in [6, 6.07) is 10.7. The first-order valence-electron chi connectivity index (χ1n) is 8.09. The Kier molecular flexibility index (Phi) is 5.13. The largest absolute Gasteiger partial charge is 0.455 e. The molecule has 2 aromatic carbocycles.